The van der Waals surface area contributed by atoms with Crippen molar-refractivity contribution in [3.8, 4) is 0 Å². The van der Waals surface area contributed by atoms with Crippen molar-refractivity contribution in [2.45, 2.75) is 12.8 Å². The summed E-state index contributed by atoms with van der Waals surface area (Å²) < 4.78 is 0. The van der Waals surface area contributed by atoms with Crippen molar-refractivity contribution in [1.29, 1.82) is 0 Å². The summed E-state index contributed by atoms with van der Waals surface area (Å²) in [6.07, 6.45) is 1.99. The Kier molecular flexibility index (Phi) is 4.94. The lowest BCUT2D eigenvalue weighted by Gasteiger charge is -2.32. The fourth-order valence-electron chi connectivity index (χ4n) is 3.85. The van der Waals surface area contributed by atoms with Gasteiger partial charge in [-0.1, -0.05) is 18.2 Å². The minimum atomic E-state index is 0.000691. The van der Waals surface area contributed by atoms with Gasteiger partial charge in [0.05, 0.1) is 0 Å². The van der Waals surface area contributed by atoms with Gasteiger partial charge in [0.15, 0.2) is 0 Å². The van der Waals surface area contributed by atoms with Gasteiger partial charge in [-0.05, 0) is 55.8 Å². The van der Waals surface area contributed by atoms with E-state index in [-0.39, 0.29) is 11.8 Å². The molecule has 140 valence electrons. The number of para-hydroxylation sites is 1. The van der Waals surface area contributed by atoms with Gasteiger partial charge in [-0.25, -0.2) is 0 Å². The van der Waals surface area contributed by atoms with Crippen molar-refractivity contribution in [2.75, 3.05) is 44.7 Å². The van der Waals surface area contributed by atoms with Crippen LogP contribution in [0.5, 0.6) is 0 Å². The lowest BCUT2D eigenvalue weighted by atomic mass is 10.0. The molecule has 2 heterocycles. The first-order valence-electron chi connectivity index (χ1n) is 9.61. The molecular formula is C22H25N3O2. The van der Waals surface area contributed by atoms with Gasteiger partial charge in [0.2, 0.25) is 0 Å². The number of fused-ring (bicyclic) bond motifs is 1. The molecule has 0 aliphatic carbocycles. The number of nitrogens with zero attached hydrogens (tertiary/aromatic N) is 3. The predicted molar refractivity (Wildman–Crippen MR) is 106 cm³/mol. The van der Waals surface area contributed by atoms with Gasteiger partial charge in [-0.15, -0.1) is 0 Å². The Morgan fingerprint density at radius 1 is 0.778 bits per heavy atom. The van der Waals surface area contributed by atoms with Crippen LogP contribution in [0, 0.1) is 0 Å². The first-order valence-corrected chi connectivity index (χ1v) is 9.61. The maximum atomic E-state index is 13.0. The molecule has 27 heavy (non-hydrogen) atoms. The van der Waals surface area contributed by atoms with E-state index in [0.29, 0.717) is 11.1 Å². The van der Waals surface area contributed by atoms with Crippen molar-refractivity contribution in [3.05, 3.63) is 65.2 Å². The largest absolute Gasteiger partial charge is 0.336 e. The molecule has 0 radical (unpaired) electrons. The van der Waals surface area contributed by atoms with Crippen molar-refractivity contribution >= 4 is 17.5 Å². The van der Waals surface area contributed by atoms with Gasteiger partial charge in [0, 0.05) is 49.5 Å². The summed E-state index contributed by atoms with van der Waals surface area (Å²) >= 11 is 0. The first kappa shape index (κ1) is 17.7. The fourth-order valence-corrected chi connectivity index (χ4v) is 3.85. The van der Waals surface area contributed by atoms with E-state index in [1.165, 1.54) is 5.56 Å². The number of aryl methyl sites for hydroxylation is 1. The summed E-state index contributed by atoms with van der Waals surface area (Å²) in [6, 6.07) is 15.2. The summed E-state index contributed by atoms with van der Waals surface area (Å²) in [7, 11) is 2.07. The maximum absolute atomic E-state index is 13.0. The Hall–Kier alpha value is -2.66. The average Bonchev–Trinajstić information content (AvgIpc) is 2.73. The average molecular weight is 363 g/mol. The molecule has 2 aromatic rings. The number of rotatable bonds is 2. The summed E-state index contributed by atoms with van der Waals surface area (Å²) in [5.74, 6) is 0.0474. The molecule has 2 aliphatic heterocycles. The molecule has 0 spiro atoms. The van der Waals surface area contributed by atoms with Crippen LogP contribution in [0.1, 0.15) is 32.7 Å². The zero-order valence-corrected chi connectivity index (χ0v) is 15.7. The number of benzene rings is 2. The molecule has 5 heteroatoms. The second-order valence-corrected chi connectivity index (χ2v) is 7.36. The van der Waals surface area contributed by atoms with Crippen molar-refractivity contribution in [3.63, 3.8) is 0 Å². The lowest BCUT2D eigenvalue weighted by Crippen LogP contribution is -2.47. The third-order valence-corrected chi connectivity index (χ3v) is 5.52. The number of amides is 2. The van der Waals surface area contributed by atoms with Crippen LogP contribution < -0.4 is 4.90 Å². The van der Waals surface area contributed by atoms with Crippen molar-refractivity contribution in [1.82, 2.24) is 9.80 Å². The Morgan fingerprint density at radius 2 is 1.41 bits per heavy atom. The smallest absolute Gasteiger partial charge is 0.258 e. The Balaban J connectivity index is 1.49. The number of hydrogen-bond acceptors (Lipinski definition) is 3. The standard InChI is InChI=1S/C22H25N3O2/c1-23-13-15-24(16-14-23)21(26)18-8-10-19(11-9-18)22(27)25-12-4-6-17-5-2-3-7-20(17)25/h2-3,5,7-11H,4,6,12-16H2,1H3. The third-order valence-electron chi connectivity index (χ3n) is 5.52. The highest BCUT2D eigenvalue weighted by molar-refractivity contribution is 6.07. The van der Waals surface area contributed by atoms with Crippen LogP contribution in [0.25, 0.3) is 0 Å². The number of anilines is 1. The molecule has 0 aromatic heterocycles. The van der Waals surface area contributed by atoms with Gasteiger partial charge < -0.3 is 14.7 Å². The maximum Gasteiger partial charge on any atom is 0.258 e. The first-order chi connectivity index (χ1) is 13.1. The molecule has 0 saturated carbocycles. The van der Waals surface area contributed by atoms with Gasteiger partial charge in [-0.2, -0.15) is 0 Å². The second kappa shape index (κ2) is 7.53. The number of hydrogen-bond donors (Lipinski definition) is 0. The van der Waals surface area contributed by atoms with E-state index in [2.05, 4.69) is 18.0 Å². The summed E-state index contributed by atoms with van der Waals surface area (Å²) in [5.41, 5.74) is 3.50. The van der Waals surface area contributed by atoms with Crippen molar-refractivity contribution in [2.24, 2.45) is 0 Å². The van der Waals surface area contributed by atoms with Gasteiger partial charge in [0.25, 0.3) is 11.8 Å². The molecule has 1 saturated heterocycles. The van der Waals surface area contributed by atoms with Crippen LogP contribution in [-0.2, 0) is 6.42 Å². The van der Waals surface area contributed by atoms with E-state index in [1.54, 1.807) is 24.3 Å². The van der Waals surface area contributed by atoms with Crippen LogP contribution in [0.3, 0.4) is 0 Å². The van der Waals surface area contributed by atoms with E-state index in [9.17, 15) is 9.59 Å². The van der Waals surface area contributed by atoms with Gasteiger partial charge >= 0.3 is 0 Å². The molecule has 0 atom stereocenters. The van der Waals surface area contributed by atoms with E-state index >= 15 is 0 Å². The van der Waals surface area contributed by atoms with Gasteiger partial charge in [0.1, 0.15) is 0 Å². The number of likely N-dealkylation sites (N-methyl/N-ethyl adjacent to an activating group) is 1. The number of carbonyl (C=O) groups excluding carboxylic acids is 2. The summed E-state index contributed by atoms with van der Waals surface area (Å²) in [6.45, 7) is 4.03. The minimum absolute atomic E-state index is 0.000691. The highest BCUT2D eigenvalue weighted by atomic mass is 16.2. The normalized spacial score (nSPS) is 17.5. The van der Waals surface area contributed by atoms with Crippen LogP contribution in [-0.4, -0.2) is 61.4 Å². The van der Waals surface area contributed by atoms with Crippen molar-refractivity contribution < 1.29 is 9.59 Å². The third kappa shape index (κ3) is 3.60. The Labute approximate surface area is 160 Å². The Bertz CT molecular complexity index is 839. The molecular weight excluding hydrogens is 338 g/mol. The SMILES string of the molecule is CN1CCN(C(=O)c2ccc(C(=O)N3CCCc4ccccc43)cc2)CC1. The van der Waals surface area contributed by atoms with E-state index < -0.39 is 0 Å². The van der Waals surface area contributed by atoms with Crippen LogP contribution >= 0.6 is 0 Å². The van der Waals surface area contributed by atoms with E-state index in [0.717, 1.165) is 51.3 Å². The summed E-state index contributed by atoms with van der Waals surface area (Å²) in [5, 5.41) is 0. The quantitative estimate of drug-likeness (QED) is 0.824. The lowest BCUT2D eigenvalue weighted by molar-refractivity contribution is 0.0663. The molecule has 0 unspecified atom stereocenters. The van der Waals surface area contributed by atoms with Gasteiger partial charge in [-0.3, -0.25) is 9.59 Å². The molecule has 1 fully saturated rings. The van der Waals surface area contributed by atoms with Crippen LogP contribution in [0.15, 0.2) is 48.5 Å². The van der Waals surface area contributed by atoms with E-state index in [1.807, 2.05) is 28.0 Å². The highest BCUT2D eigenvalue weighted by Crippen LogP contribution is 2.28. The number of carbonyl (C=O) groups is 2. The highest BCUT2D eigenvalue weighted by Gasteiger charge is 2.24. The van der Waals surface area contributed by atoms with E-state index in [4.69, 9.17) is 0 Å². The number of piperazine rings is 1. The molecule has 2 aromatic carbocycles. The zero-order chi connectivity index (χ0) is 18.8. The molecule has 0 N–H and O–H groups in total. The fraction of sp³-hybridized carbons (Fsp3) is 0.364. The molecule has 2 amide bonds. The molecule has 5 nitrogen and oxygen atoms in total. The minimum Gasteiger partial charge on any atom is -0.336 e. The zero-order valence-electron chi connectivity index (χ0n) is 15.7. The van der Waals surface area contributed by atoms with Crippen LogP contribution in [0.2, 0.25) is 0 Å². The molecule has 4 rings (SSSR count). The molecule has 0 bridgehead atoms. The predicted octanol–water partition coefficient (Wildman–Crippen LogP) is 2.67. The van der Waals surface area contributed by atoms with Crippen LogP contribution in [0.4, 0.5) is 5.69 Å². The second-order valence-electron chi connectivity index (χ2n) is 7.36. The Morgan fingerprint density at radius 3 is 2.11 bits per heavy atom. The monoisotopic (exact) mass is 363 g/mol. The summed E-state index contributed by atoms with van der Waals surface area (Å²) in [4.78, 5) is 31.6. The topological polar surface area (TPSA) is 43.9 Å². The molecule has 2 aliphatic rings.